The Kier molecular flexibility index (Phi) is 3.81. The molecule has 1 N–H and O–H groups in total. The highest BCUT2D eigenvalue weighted by molar-refractivity contribution is 7.71. The Bertz CT molecular complexity index is 381. The fraction of sp³-hybridized carbons (Fsp3) is 0.500. The first-order valence-electron chi connectivity index (χ1n) is 3.99. The highest BCUT2D eigenvalue weighted by atomic mass is 35.6. The first-order chi connectivity index (χ1) is 6.30. The van der Waals surface area contributed by atoms with Crippen LogP contribution in [-0.2, 0) is 3.79 Å². The van der Waals surface area contributed by atoms with E-state index in [-0.39, 0.29) is 11.7 Å². The fourth-order valence-electron chi connectivity index (χ4n) is 0.922. The summed E-state index contributed by atoms with van der Waals surface area (Å²) >= 11 is 22.1. The van der Waals surface area contributed by atoms with E-state index in [1.54, 1.807) is 6.07 Å². The summed E-state index contributed by atoms with van der Waals surface area (Å²) in [7, 11) is 0. The Morgan fingerprint density at radius 2 is 2.00 bits per heavy atom. The molecule has 0 aliphatic carbocycles. The van der Waals surface area contributed by atoms with E-state index in [9.17, 15) is 0 Å². The summed E-state index contributed by atoms with van der Waals surface area (Å²) < 4.78 is -1.13. The number of nitrogens with one attached hydrogen (secondary N) is 1. The fourth-order valence-corrected chi connectivity index (χ4v) is 1.41. The number of H-pyrrole nitrogens is 1. The van der Waals surface area contributed by atoms with E-state index in [0.29, 0.717) is 4.64 Å². The summed E-state index contributed by atoms with van der Waals surface area (Å²) in [6.07, 6.45) is 0. The summed E-state index contributed by atoms with van der Waals surface area (Å²) in [5, 5.41) is 0. The normalized spacial score (nSPS) is 12.1. The smallest absolute Gasteiger partial charge is 0.248 e. The van der Waals surface area contributed by atoms with Gasteiger partial charge in [-0.25, -0.2) is 4.98 Å². The van der Waals surface area contributed by atoms with Crippen molar-refractivity contribution in [3.05, 3.63) is 22.2 Å². The number of aromatic amines is 1. The summed E-state index contributed by atoms with van der Waals surface area (Å²) in [6.45, 7) is 4.03. The van der Waals surface area contributed by atoms with Crippen molar-refractivity contribution in [3.63, 3.8) is 0 Å². The minimum absolute atomic E-state index is 0.263. The third kappa shape index (κ3) is 3.09. The van der Waals surface area contributed by atoms with Gasteiger partial charge in [-0.1, -0.05) is 60.9 Å². The van der Waals surface area contributed by atoms with Gasteiger partial charge >= 0.3 is 0 Å². The van der Waals surface area contributed by atoms with Gasteiger partial charge in [0.25, 0.3) is 0 Å². The average molecular weight is 272 g/mol. The van der Waals surface area contributed by atoms with Gasteiger partial charge in [0.15, 0.2) is 5.82 Å². The average Bonchev–Trinajstić information content (AvgIpc) is 2.01. The molecule has 78 valence electrons. The summed E-state index contributed by atoms with van der Waals surface area (Å²) in [5.74, 6) is 0.546. The van der Waals surface area contributed by atoms with Crippen LogP contribution in [0.5, 0.6) is 0 Å². The molecular formula is C8H9Cl3N2S. The maximum Gasteiger partial charge on any atom is 0.248 e. The van der Waals surface area contributed by atoms with Crippen LogP contribution in [-0.4, -0.2) is 9.97 Å². The quantitative estimate of drug-likeness (QED) is 0.616. The van der Waals surface area contributed by atoms with Gasteiger partial charge in [-0.2, -0.15) is 0 Å². The van der Waals surface area contributed by atoms with Crippen molar-refractivity contribution in [2.75, 3.05) is 0 Å². The SMILES string of the molecule is CC(C)c1cc(=S)nc(C(Cl)(Cl)Cl)[nH]1. The van der Waals surface area contributed by atoms with Gasteiger partial charge in [0.1, 0.15) is 4.64 Å². The lowest BCUT2D eigenvalue weighted by molar-refractivity contribution is 0.787. The molecule has 0 unspecified atom stereocenters. The Labute approximate surface area is 103 Å². The third-order valence-electron chi connectivity index (χ3n) is 1.65. The van der Waals surface area contributed by atoms with Crippen LogP contribution < -0.4 is 0 Å². The van der Waals surface area contributed by atoms with E-state index < -0.39 is 3.79 Å². The zero-order valence-corrected chi connectivity index (χ0v) is 10.7. The number of halogens is 3. The number of rotatable bonds is 1. The van der Waals surface area contributed by atoms with Crippen LogP contribution in [0.2, 0.25) is 0 Å². The van der Waals surface area contributed by atoms with Gasteiger partial charge in [-0.15, -0.1) is 0 Å². The zero-order valence-electron chi connectivity index (χ0n) is 7.64. The number of alkyl halides is 3. The van der Waals surface area contributed by atoms with Crippen molar-refractivity contribution in [2.24, 2.45) is 0 Å². The Morgan fingerprint density at radius 1 is 1.43 bits per heavy atom. The Morgan fingerprint density at radius 3 is 2.43 bits per heavy atom. The summed E-state index contributed by atoms with van der Waals surface area (Å²) in [5.41, 5.74) is 0.909. The second-order valence-electron chi connectivity index (χ2n) is 3.18. The van der Waals surface area contributed by atoms with Crippen molar-refractivity contribution in [1.82, 2.24) is 9.97 Å². The van der Waals surface area contributed by atoms with Crippen LogP contribution in [0.15, 0.2) is 6.07 Å². The maximum atomic E-state index is 5.70. The van der Waals surface area contributed by atoms with Gasteiger partial charge < -0.3 is 4.98 Å². The van der Waals surface area contributed by atoms with Gasteiger partial charge in [-0.3, -0.25) is 0 Å². The number of nitrogens with zero attached hydrogens (tertiary/aromatic N) is 1. The van der Waals surface area contributed by atoms with E-state index in [0.717, 1.165) is 5.69 Å². The molecule has 1 aromatic rings. The third-order valence-corrected chi connectivity index (χ3v) is 2.40. The van der Waals surface area contributed by atoms with Crippen LogP contribution in [0.25, 0.3) is 0 Å². The first kappa shape index (κ1) is 12.2. The van der Waals surface area contributed by atoms with E-state index in [4.69, 9.17) is 47.0 Å². The predicted molar refractivity (Wildman–Crippen MR) is 62.7 cm³/mol. The van der Waals surface area contributed by atoms with Crippen molar-refractivity contribution >= 4 is 47.0 Å². The standard InChI is InChI=1S/C8H9Cl3N2S/c1-4(2)5-3-6(14)13-7(12-5)8(9,10)11/h3-4H,1-2H3,(H,12,13,14). The number of hydrogen-bond acceptors (Lipinski definition) is 2. The molecule has 0 radical (unpaired) electrons. The summed E-state index contributed by atoms with van der Waals surface area (Å²) in [6, 6.07) is 1.76. The molecule has 1 aromatic heterocycles. The molecule has 0 bridgehead atoms. The van der Waals surface area contributed by atoms with Crippen molar-refractivity contribution in [2.45, 2.75) is 23.6 Å². The van der Waals surface area contributed by atoms with Gasteiger partial charge in [0.2, 0.25) is 3.79 Å². The van der Waals surface area contributed by atoms with Gasteiger partial charge in [-0.05, 0) is 12.0 Å². The van der Waals surface area contributed by atoms with E-state index in [1.165, 1.54) is 0 Å². The van der Waals surface area contributed by atoms with Crippen LogP contribution in [0.1, 0.15) is 31.3 Å². The molecule has 1 rings (SSSR count). The van der Waals surface area contributed by atoms with Gasteiger partial charge in [0, 0.05) is 5.69 Å². The van der Waals surface area contributed by atoms with Crippen LogP contribution in [0.4, 0.5) is 0 Å². The molecule has 0 aromatic carbocycles. The molecule has 6 heteroatoms. The largest absolute Gasteiger partial charge is 0.343 e. The molecule has 0 saturated carbocycles. The highest BCUT2D eigenvalue weighted by Crippen LogP contribution is 2.36. The highest BCUT2D eigenvalue weighted by Gasteiger charge is 2.26. The predicted octanol–water partition coefficient (Wildman–Crippen LogP) is 4.09. The summed E-state index contributed by atoms with van der Waals surface area (Å²) in [4.78, 5) is 6.90. The monoisotopic (exact) mass is 270 g/mol. The molecule has 0 aliphatic rings. The molecule has 0 atom stereocenters. The van der Waals surface area contributed by atoms with Crippen LogP contribution in [0, 0.1) is 4.64 Å². The van der Waals surface area contributed by atoms with E-state index in [2.05, 4.69) is 9.97 Å². The minimum atomic E-state index is -1.56. The van der Waals surface area contributed by atoms with Crippen LogP contribution >= 0.6 is 47.0 Å². The second-order valence-corrected chi connectivity index (χ2v) is 5.88. The van der Waals surface area contributed by atoms with Crippen molar-refractivity contribution < 1.29 is 0 Å². The lowest BCUT2D eigenvalue weighted by Gasteiger charge is -2.13. The molecule has 0 spiro atoms. The maximum absolute atomic E-state index is 5.70. The molecule has 0 aliphatic heterocycles. The molecule has 14 heavy (non-hydrogen) atoms. The second kappa shape index (κ2) is 4.35. The van der Waals surface area contributed by atoms with Crippen molar-refractivity contribution in [3.8, 4) is 0 Å². The Hall–Kier alpha value is 0.170. The zero-order chi connectivity index (χ0) is 10.9. The lowest BCUT2D eigenvalue weighted by atomic mass is 10.1. The number of aromatic nitrogens is 2. The molecule has 0 saturated heterocycles. The molecule has 1 heterocycles. The lowest BCUT2D eigenvalue weighted by Crippen LogP contribution is -2.09. The first-order valence-corrected chi connectivity index (χ1v) is 5.53. The molecule has 0 fully saturated rings. The van der Waals surface area contributed by atoms with E-state index >= 15 is 0 Å². The molecule has 2 nitrogen and oxygen atoms in total. The number of hydrogen-bond donors (Lipinski definition) is 1. The minimum Gasteiger partial charge on any atom is -0.343 e. The van der Waals surface area contributed by atoms with Gasteiger partial charge in [0.05, 0.1) is 0 Å². The van der Waals surface area contributed by atoms with E-state index in [1.807, 2.05) is 13.8 Å². The van der Waals surface area contributed by atoms with Crippen LogP contribution in [0.3, 0.4) is 0 Å². The molecule has 0 amide bonds. The van der Waals surface area contributed by atoms with Crippen molar-refractivity contribution in [1.29, 1.82) is 0 Å². The molecular weight excluding hydrogens is 263 g/mol. The Balaban J connectivity index is 3.28. The topological polar surface area (TPSA) is 28.7 Å².